The molecule has 2 aliphatic heterocycles. The molecule has 2 aliphatic rings. The van der Waals surface area contributed by atoms with Gasteiger partial charge in [-0.05, 0) is 43.8 Å². The van der Waals surface area contributed by atoms with Gasteiger partial charge in [-0.15, -0.1) is 0 Å². The van der Waals surface area contributed by atoms with Crippen molar-refractivity contribution in [2.24, 2.45) is 5.73 Å². The van der Waals surface area contributed by atoms with Crippen LogP contribution in [0, 0.1) is 0 Å². The quantitative estimate of drug-likeness (QED) is 0.902. The van der Waals surface area contributed by atoms with E-state index < -0.39 is 0 Å². The summed E-state index contributed by atoms with van der Waals surface area (Å²) < 4.78 is 0. The summed E-state index contributed by atoms with van der Waals surface area (Å²) in [5.41, 5.74) is 7.55. The van der Waals surface area contributed by atoms with Gasteiger partial charge >= 0.3 is 0 Å². The molecule has 0 aromatic heterocycles. The summed E-state index contributed by atoms with van der Waals surface area (Å²) in [6.45, 7) is 8.11. The van der Waals surface area contributed by atoms with Crippen molar-refractivity contribution in [1.29, 1.82) is 0 Å². The predicted octanol–water partition coefficient (Wildman–Crippen LogP) is 2.29. The maximum atomic E-state index is 6.13. The molecule has 0 spiro atoms. The molecule has 2 fully saturated rings. The zero-order valence-electron chi connectivity index (χ0n) is 13.2. The Morgan fingerprint density at radius 1 is 1.14 bits per heavy atom. The SMILES string of the molecule is CC(c1ccccc1)C(CN)N1CCC(N2CCCC2)C1. The fourth-order valence-electron chi connectivity index (χ4n) is 4.12. The Morgan fingerprint density at radius 3 is 2.52 bits per heavy atom. The Labute approximate surface area is 129 Å². The van der Waals surface area contributed by atoms with Crippen molar-refractivity contribution in [3.05, 3.63) is 35.9 Å². The number of rotatable bonds is 5. The van der Waals surface area contributed by atoms with Crippen molar-refractivity contribution in [2.75, 3.05) is 32.7 Å². The molecule has 3 heteroatoms. The van der Waals surface area contributed by atoms with Gasteiger partial charge in [0, 0.05) is 31.7 Å². The normalized spacial score (nSPS) is 27.0. The van der Waals surface area contributed by atoms with Gasteiger partial charge in [0.25, 0.3) is 0 Å². The Bertz CT molecular complexity index is 427. The van der Waals surface area contributed by atoms with E-state index in [1.165, 1.54) is 51.0 Å². The highest BCUT2D eigenvalue weighted by atomic mass is 15.3. The molecule has 3 atom stereocenters. The van der Waals surface area contributed by atoms with Crippen LogP contribution in [-0.2, 0) is 0 Å². The lowest BCUT2D eigenvalue weighted by Crippen LogP contribution is -2.44. The molecule has 0 saturated carbocycles. The fourth-order valence-corrected chi connectivity index (χ4v) is 4.12. The van der Waals surface area contributed by atoms with Gasteiger partial charge in [-0.25, -0.2) is 0 Å². The summed E-state index contributed by atoms with van der Waals surface area (Å²) in [5, 5.41) is 0. The molecule has 1 aromatic carbocycles. The van der Waals surface area contributed by atoms with E-state index in [2.05, 4.69) is 47.1 Å². The maximum Gasteiger partial charge on any atom is 0.0285 e. The molecule has 2 heterocycles. The summed E-state index contributed by atoms with van der Waals surface area (Å²) in [6, 6.07) is 12.1. The van der Waals surface area contributed by atoms with Crippen molar-refractivity contribution in [2.45, 2.75) is 44.2 Å². The summed E-state index contributed by atoms with van der Waals surface area (Å²) in [7, 11) is 0. The van der Waals surface area contributed by atoms with E-state index >= 15 is 0 Å². The van der Waals surface area contributed by atoms with Gasteiger partial charge in [0.05, 0.1) is 0 Å². The Hall–Kier alpha value is -0.900. The van der Waals surface area contributed by atoms with Crippen molar-refractivity contribution in [3.8, 4) is 0 Å². The summed E-state index contributed by atoms with van der Waals surface area (Å²) in [4.78, 5) is 5.33. The van der Waals surface area contributed by atoms with Crippen LogP contribution in [0.3, 0.4) is 0 Å². The minimum atomic E-state index is 0.472. The lowest BCUT2D eigenvalue weighted by atomic mass is 9.92. The highest BCUT2D eigenvalue weighted by Crippen LogP contribution is 2.28. The van der Waals surface area contributed by atoms with Gasteiger partial charge in [0.2, 0.25) is 0 Å². The number of nitrogens with zero attached hydrogens (tertiary/aromatic N) is 2. The minimum absolute atomic E-state index is 0.472. The van der Waals surface area contributed by atoms with Crippen molar-refractivity contribution in [3.63, 3.8) is 0 Å². The molecule has 3 rings (SSSR count). The lowest BCUT2D eigenvalue weighted by molar-refractivity contribution is 0.187. The molecular formula is C18H29N3. The van der Waals surface area contributed by atoms with Crippen LogP contribution < -0.4 is 5.73 Å². The third-order valence-corrected chi connectivity index (χ3v) is 5.46. The van der Waals surface area contributed by atoms with Crippen LogP contribution in [0.1, 0.15) is 37.7 Å². The number of nitrogens with two attached hydrogens (primary N) is 1. The summed E-state index contributed by atoms with van der Waals surface area (Å²) in [6.07, 6.45) is 4.09. The second-order valence-electron chi connectivity index (χ2n) is 6.68. The number of benzene rings is 1. The zero-order chi connectivity index (χ0) is 14.7. The monoisotopic (exact) mass is 287 g/mol. The zero-order valence-corrected chi connectivity index (χ0v) is 13.2. The first-order chi connectivity index (χ1) is 10.3. The van der Waals surface area contributed by atoms with Crippen LogP contribution in [0.4, 0.5) is 0 Å². The highest BCUT2D eigenvalue weighted by Gasteiger charge is 2.34. The second-order valence-corrected chi connectivity index (χ2v) is 6.68. The summed E-state index contributed by atoms with van der Waals surface area (Å²) >= 11 is 0. The molecule has 3 unspecified atom stereocenters. The van der Waals surface area contributed by atoms with E-state index in [0.29, 0.717) is 12.0 Å². The molecule has 0 radical (unpaired) electrons. The average Bonchev–Trinajstić information content (AvgIpc) is 3.20. The maximum absolute atomic E-state index is 6.13. The van der Waals surface area contributed by atoms with Crippen LogP contribution >= 0.6 is 0 Å². The molecule has 2 saturated heterocycles. The van der Waals surface area contributed by atoms with E-state index in [1.54, 1.807) is 0 Å². The van der Waals surface area contributed by atoms with Gasteiger partial charge in [-0.2, -0.15) is 0 Å². The molecule has 2 N–H and O–H groups in total. The van der Waals surface area contributed by atoms with E-state index in [1.807, 2.05) is 0 Å². The third-order valence-electron chi connectivity index (χ3n) is 5.46. The molecule has 3 nitrogen and oxygen atoms in total. The van der Waals surface area contributed by atoms with Gasteiger partial charge in [-0.3, -0.25) is 9.80 Å². The molecule has 0 bridgehead atoms. The minimum Gasteiger partial charge on any atom is -0.329 e. The molecule has 1 aromatic rings. The Morgan fingerprint density at radius 2 is 1.86 bits per heavy atom. The van der Waals surface area contributed by atoms with Crippen LogP contribution in [0.2, 0.25) is 0 Å². The van der Waals surface area contributed by atoms with Crippen LogP contribution in [0.25, 0.3) is 0 Å². The van der Waals surface area contributed by atoms with Crippen LogP contribution in [0.15, 0.2) is 30.3 Å². The summed E-state index contributed by atoms with van der Waals surface area (Å²) in [5.74, 6) is 0.508. The average molecular weight is 287 g/mol. The van der Waals surface area contributed by atoms with Crippen molar-refractivity contribution < 1.29 is 0 Å². The van der Waals surface area contributed by atoms with E-state index in [9.17, 15) is 0 Å². The lowest BCUT2D eigenvalue weighted by Gasteiger charge is -2.33. The molecular weight excluding hydrogens is 258 g/mol. The fraction of sp³-hybridized carbons (Fsp3) is 0.667. The Balaban J connectivity index is 1.64. The van der Waals surface area contributed by atoms with Crippen molar-refractivity contribution in [1.82, 2.24) is 9.80 Å². The largest absolute Gasteiger partial charge is 0.329 e. The number of hydrogen-bond acceptors (Lipinski definition) is 3. The van der Waals surface area contributed by atoms with Gasteiger partial charge in [0.15, 0.2) is 0 Å². The molecule has 0 aliphatic carbocycles. The molecule has 21 heavy (non-hydrogen) atoms. The second kappa shape index (κ2) is 6.91. The molecule has 0 amide bonds. The van der Waals surface area contributed by atoms with Crippen molar-refractivity contribution >= 4 is 0 Å². The first-order valence-electron chi connectivity index (χ1n) is 8.52. The van der Waals surface area contributed by atoms with Gasteiger partial charge in [0.1, 0.15) is 0 Å². The predicted molar refractivity (Wildman–Crippen MR) is 88.5 cm³/mol. The third kappa shape index (κ3) is 3.31. The highest BCUT2D eigenvalue weighted by molar-refractivity contribution is 5.21. The topological polar surface area (TPSA) is 32.5 Å². The van der Waals surface area contributed by atoms with E-state index in [-0.39, 0.29) is 0 Å². The van der Waals surface area contributed by atoms with Gasteiger partial charge in [-0.1, -0.05) is 37.3 Å². The van der Waals surface area contributed by atoms with E-state index in [4.69, 9.17) is 5.73 Å². The number of hydrogen-bond donors (Lipinski definition) is 1. The Kier molecular flexibility index (Phi) is 4.94. The standard InChI is InChI=1S/C18H29N3/c1-15(16-7-3-2-4-8-16)18(13-19)21-12-9-17(14-21)20-10-5-6-11-20/h2-4,7-8,15,17-18H,5-6,9-14,19H2,1H3. The molecule has 116 valence electrons. The first-order valence-corrected chi connectivity index (χ1v) is 8.52. The van der Waals surface area contributed by atoms with Crippen LogP contribution in [-0.4, -0.2) is 54.6 Å². The van der Waals surface area contributed by atoms with Crippen LogP contribution in [0.5, 0.6) is 0 Å². The smallest absolute Gasteiger partial charge is 0.0285 e. The number of likely N-dealkylation sites (tertiary alicyclic amines) is 2. The van der Waals surface area contributed by atoms with Gasteiger partial charge < -0.3 is 5.73 Å². The first kappa shape index (κ1) is 15.0. The van der Waals surface area contributed by atoms with E-state index in [0.717, 1.165) is 12.6 Å².